The van der Waals surface area contributed by atoms with Crippen LogP contribution in [0.25, 0.3) is 0 Å². The third kappa shape index (κ3) is 4.11. The Labute approximate surface area is 118 Å². The summed E-state index contributed by atoms with van der Waals surface area (Å²) in [4.78, 5) is 35.7. The van der Waals surface area contributed by atoms with Gasteiger partial charge in [0.2, 0.25) is 0 Å². The lowest BCUT2D eigenvalue weighted by molar-refractivity contribution is -0.146. The lowest BCUT2D eigenvalue weighted by Gasteiger charge is -2.17. The summed E-state index contributed by atoms with van der Waals surface area (Å²) in [5.74, 6) is -1.89. The molecule has 114 valence electrons. The standard InChI is InChI=1S/C13H22N2O5/c1-8(11(16)17)4-5-14-13(19)15-6-9(2)10(7-15)12(18)20-3/h8-10H,4-7H2,1-3H3,(H,14,19)(H,16,17). The van der Waals surface area contributed by atoms with Crippen LogP contribution in [0.5, 0.6) is 0 Å². The summed E-state index contributed by atoms with van der Waals surface area (Å²) >= 11 is 0. The number of aliphatic carboxylic acids is 1. The first-order valence-electron chi connectivity index (χ1n) is 6.70. The Hall–Kier alpha value is -1.79. The Bertz CT molecular complexity index is 385. The molecule has 1 aliphatic rings. The third-order valence-corrected chi connectivity index (χ3v) is 3.68. The van der Waals surface area contributed by atoms with Crippen molar-refractivity contribution in [3.63, 3.8) is 0 Å². The van der Waals surface area contributed by atoms with Gasteiger partial charge in [0.05, 0.1) is 18.9 Å². The molecule has 0 aromatic rings. The summed E-state index contributed by atoms with van der Waals surface area (Å²) in [7, 11) is 1.34. The van der Waals surface area contributed by atoms with Gasteiger partial charge in [-0.05, 0) is 12.3 Å². The number of methoxy groups -OCH3 is 1. The number of likely N-dealkylation sites (tertiary alicyclic amines) is 1. The molecule has 1 heterocycles. The van der Waals surface area contributed by atoms with Gasteiger partial charge in [-0.3, -0.25) is 9.59 Å². The second-order valence-corrected chi connectivity index (χ2v) is 5.27. The molecule has 1 aliphatic heterocycles. The summed E-state index contributed by atoms with van der Waals surface area (Å²) in [6, 6.07) is -0.263. The molecule has 1 rings (SSSR count). The van der Waals surface area contributed by atoms with E-state index in [0.717, 1.165) is 0 Å². The van der Waals surface area contributed by atoms with E-state index in [1.54, 1.807) is 11.8 Å². The molecule has 0 saturated carbocycles. The van der Waals surface area contributed by atoms with Crippen molar-refractivity contribution in [3.8, 4) is 0 Å². The number of carbonyl (C=O) groups is 3. The van der Waals surface area contributed by atoms with Crippen molar-refractivity contribution >= 4 is 18.0 Å². The van der Waals surface area contributed by atoms with Gasteiger partial charge in [0.25, 0.3) is 0 Å². The Kier molecular flexibility index (Phi) is 5.79. The highest BCUT2D eigenvalue weighted by Crippen LogP contribution is 2.23. The molecule has 2 amide bonds. The Morgan fingerprint density at radius 1 is 1.40 bits per heavy atom. The van der Waals surface area contributed by atoms with Crippen molar-refractivity contribution in [1.82, 2.24) is 10.2 Å². The molecule has 7 nitrogen and oxygen atoms in total. The molecule has 3 unspecified atom stereocenters. The van der Waals surface area contributed by atoms with E-state index < -0.39 is 11.9 Å². The highest BCUT2D eigenvalue weighted by atomic mass is 16.5. The van der Waals surface area contributed by atoms with Crippen LogP contribution in [0.3, 0.4) is 0 Å². The van der Waals surface area contributed by atoms with E-state index in [1.807, 2.05) is 6.92 Å². The maximum absolute atomic E-state index is 11.9. The monoisotopic (exact) mass is 286 g/mol. The Morgan fingerprint density at radius 2 is 2.05 bits per heavy atom. The number of hydrogen-bond acceptors (Lipinski definition) is 4. The molecule has 1 saturated heterocycles. The number of carbonyl (C=O) groups excluding carboxylic acids is 2. The number of nitrogens with one attached hydrogen (secondary N) is 1. The fourth-order valence-electron chi connectivity index (χ4n) is 2.22. The predicted octanol–water partition coefficient (Wildman–Crippen LogP) is 0.548. The average molecular weight is 286 g/mol. The number of carboxylic acids is 1. The van der Waals surface area contributed by atoms with Crippen molar-refractivity contribution < 1.29 is 24.2 Å². The van der Waals surface area contributed by atoms with Gasteiger partial charge >= 0.3 is 18.0 Å². The number of rotatable bonds is 5. The van der Waals surface area contributed by atoms with Gasteiger partial charge in [0.15, 0.2) is 0 Å². The van der Waals surface area contributed by atoms with E-state index in [2.05, 4.69) is 5.32 Å². The van der Waals surface area contributed by atoms with Gasteiger partial charge in [0, 0.05) is 19.6 Å². The zero-order valence-corrected chi connectivity index (χ0v) is 12.1. The first kappa shape index (κ1) is 16.3. The first-order valence-corrected chi connectivity index (χ1v) is 6.70. The van der Waals surface area contributed by atoms with E-state index in [0.29, 0.717) is 26.1 Å². The molecule has 1 fully saturated rings. The summed E-state index contributed by atoms with van der Waals surface area (Å²) in [5, 5.41) is 11.4. The van der Waals surface area contributed by atoms with Gasteiger partial charge in [-0.2, -0.15) is 0 Å². The minimum absolute atomic E-state index is 0.0612. The average Bonchev–Trinajstić information content (AvgIpc) is 2.79. The fraction of sp³-hybridized carbons (Fsp3) is 0.769. The maximum Gasteiger partial charge on any atom is 0.317 e. The molecule has 0 spiro atoms. The van der Waals surface area contributed by atoms with Crippen LogP contribution >= 0.6 is 0 Å². The largest absolute Gasteiger partial charge is 0.481 e. The van der Waals surface area contributed by atoms with E-state index in [-0.39, 0.29) is 23.8 Å². The number of urea groups is 1. The molecule has 0 aromatic carbocycles. The van der Waals surface area contributed by atoms with E-state index >= 15 is 0 Å². The van der Waals surface area contributed by atoms with Gasteiger partial charge in [-0.25, -0.2) is 4.79 Å². The summed E-state index contributed by atoms with van der Waals surface area (Å²) in [5.41, 5.74) is 0. The summed E-state index contributed by atoms with van der Waals surface area (Å²) in [6.45, 7) is 4.65. The summed E-state index contributed by atoms with van der Waals surface area (Å²) < 4.78 is 4.71. The molecule has 0 aliphatic carbocycles. The Morgan fingerprint density at radius 3 is 2.60 bits per heavy atom. The van der Waals surface area contributed by atoms with Crippen LogP contribution < -0.4 is 5.32 Å². The minimum atomic E-state index is -0.875. The van der Waals surface area contributed by atoms with Crippen molar-refractivity contribution in [1.29, 1.82) is 0 Å². The number of amides is 2. The number of esters is 1. The van der Waals surface area contributed by atoms with Gasteiger partial charge in [-0.1, -0.05) is 13.8 Å². The molecular weight excluding hydrogens is 264 g/mol. The second-order valence-electron chi connectivity index (χ2n) is 5.27. The highest BCUT2D eigenvalue weighted by Gasteiger charge is 2.37. The van der Waals surface area contributed by atoms with Crippen molar-refractivity contribution in [2.45, 2.75) is 20.3 Å². The smallest absolute Gasteiger partial charge is 0.317 e. The minimum Gasteiger partial charge on any atom is -0.481 e. The van der Waals surface area contributed by atoms with Crippen LogP contribution in [-0.4, -0.2) is 54.7 Å². The van der Waals surface area contributed by atoms with E-state index in [9.17, 15) is 14.4 Å². The van der Waals surface area contributed by atoms with Gasteiger partial charge in [0.1, 0.15) is 0 Å². The van der Waals surface area contributed by atoms with Crippen molar-refractivity contribution in [3.05, 3.63) is 0 Å². The zero-order chi connectivity index (χ0) is 15.3. The topological polar surface area (TPSA) is 95.9 Å². The SMILES string of the molecule is COC(=O)C1CN(C(=O)NCCC(C)C(=O)O)CC1C. The maximum atomic E-state index is 11.9. The van der Waals surface area contributed by atoms with Crippen LogP contribution in [0.1, 0.15) is 20.3 Å². The van der Waals surface area contributed by atoms with E-state index in [4.69, 9.17) is 9.84 Å². The number of ether oxygens (including phenoxy) is 1. The number of hydrogen-bond donors (Lipinski definition) is 2. The van der Waals surface area contributed by atoms with Crippen LogP contribution in [0.4, 0.5) is 4.79 Å². The van der Waals surface area contributed by atoms with Crippen LogP contribution in [-0.2, 0) is 14.3 Å². The number of nitrogens with zero attached hydrogens (tertiary/aromatic N) is 1. The van der Waals surface area contributed by atoms with Gasteiger partial charge in [-0.15, -0.1) is 0 Å². The predicted molar refractivity (Wildman–Crippen MR) is 71.1 cm³/mol. The third-order valence-electron chi connectivity index (χ3n) is 3.68. The van der Waals surface area contributed by atoms with Crippen LogP contribution in [0.2, 0.25) is 0 Å². The lowest BCUT2D eigenvalue weighted by Crippen LogP contribution is -2.40. The number of carboxylic acid groups (broad SMARTS) is 1. The molecule has 0 bridgehead atoms. The summed E-state index contributed by atoms with van der Waals surface area (Å²) in [6.07, 6.45) is 0.380. The van der Waals surface area contributed by atoms with Gasteiger partial charge < -0.3 is 20.1 Å². The molecule has 2 N–H and O–H groups in total. The first-order chi connectivity index (χ1) is 9.36. The highest BCUT2D eigenvalue weighted by molar-refractivity contribution is 5.78. The zero-order valence-electron chi connectivity index (χ0n) is 12.1. The molecular formula is C13H22N2O5. The van der Waals surface area contributed by atoms with E-state index in [1.165, 1.54) is 7.11 Å². The van der Waals surface area contributed by atoms with Crippen LogP contribution in [0.15, 0.2) is 0 Å². The lowest BCUT2D eigenvalue weighted by atomic mass is 9.99. The fourth-order valence-corrected chi connectivity index (χ4v) is 2.22. The normalized spacial score (nSPS) is 23.2. The molecule has 20 heavy (non-hydrogen) atoms. The quantitative estimate of drug-likeness (QED) is 0.719. The van der Waals surface area contributed by atoms with Crippen molar-refractivity contribution in [2.24, 2.45) is 17.8 Å². The molecule has 0 radical (unpaired) electrons. The molecule has 7 heteroatoms. The molecule has 3 atom stereocenters. The Balaban J connectivity index is 2.38. The van der Waals surface area contributed by atoms with Crippen molar-refractivity contribution in [2.75, 3.05) is 26.7 Å². The molecule has 0 aromatic heterocycles. The second kappa shape index (κ2) is 7.12. The van der Waals surface area contributed by atoms with Crippen LogP contribution in [0, 0.1) is 17.8 Å².